The van der Waals surface area contributed by atoms with Gasteiger partial charge in [0, 0.05) is 17.0 Å². The van der Waals surface area contributed by atoms with Gasteiger partial charge in [0.15, 0.2) is 3.61 Å². The Bertz CT molecular complexity index is 754. The Balaban J connectivity index is 2.04. The van der Waals surface area contributed by atoms with Crippen LogP contribution in [0.25, 0.3) is 10.4 Å². The quantitative estimate of drug-likeness (QED) is 0.168. The molecule has 1 aromatic carbocycles. The molecular formula is C17H19IN4O4. The summed E-state index contributed by atoms with van der Waals surface area (Å²) in [5.74, 6) is -1.79. The van der Waals surface area contributed by atoms with Crippen molar-refractivity contribution in [3.63, 3.8) is 0 Å². The van der Waals surface area contributed by atoms with Crippen molar-refractivity contribution in [2.24, 2.45) is 11.0 Å². The number of hydrogen-bond acceptors (Lipinski definition) is 6. The van der Waals surface area contributed by atoms with Crippen molar-refractivity contribution in [1.29, 1.82) is 0 Å². The minimum atomic E-state index is -1.32. The second-order valence-corrected chi connectivity index (χ2v) is 8.17. The average molecular weight is 470 g/mol. The SMILES string of the molecule is COC(=O)[C@H]1[C@@H]2CC[C@H](C(N=[N+]=[N-])[C@]1(I)OC(=O)c1ccccc1)N2C. The molecule has 0 spiro atoms. The molecule has 2 fully saturated rings. The summed E-state index contributed by atoms with van der Waals surface area (Å²) in [4.78, 5) is 30.3. The highest BCUT2D eigenvalue weighted by Gasteiger charge is 2.64. The third kappa shape index (κ3) is 3.04. The number of methoxy groups -OCH3 is 1. The van der Waals surface area contributed by atoms with Crippen LogP contribution >= 0.6 is 22.6 Å². The predicted molar refractivity (Wildman–Crippen MR) is 102 cm³/mol. The lowest BCUT2D eigenvalue weighted by molar-refractivity contribution is -0.158. The van der Waals surface area contributed by atoms with Gasteiger partial charge in [-0.3, -0.25) is 9.69 Å². The molecule has 2 heterocycles. The number of hydrogen-bond donors (Lipinski definition) is 0. The van der Waals surface area contributed by atoms with E-state index in [0.717, 1.165) is 12.8 Å². The van der Waals surface area contributed by atoms with Gasteiger partial charge < -0.3 is 9.47 Å². The molecule has 0 aromatic heterocycles. The van der Waals surface area contributed by atoms with Gasteiger partial charge in [0.25, 0.3) is 0 Å². The van der Waals surface area contributed by atoms with Gasteiger partial charge in [-0.25, -0.2) is 4.79 Å². The first-order valence-corrected chi connectivity index (χ1v) is 9.33. The molecule has 0 saturated carbocycles. The second kappa shape index (κ2) is 7.42. The number of fused-ring (bicyclic) bond motifs is 2. The van der Waals surface area contributed by atoms with E-state index in [1.165, 1.54) is 7.11 Å². The van der Waals surface area contributed by atoms with Crippen LogP contribution in [-0.4, -0.2) is 52.7 Å². The second-order valence-electron chi connectivity index (χ2n) is 6.48. The van der Waals surface area contributed by atoms with Gasteiger partial charge in [0.2, 0.25) is 0 Å². The van der Waals surface area contributed by atoms with Crippen LogP contribution in [-0.2, 0) is 14.3 Å². The zero-order chi connectivity index (χ0) is 18.9. The maximum atomic E-state index is 12.7. The summed E-state index contributed by atoms with van der Waals surface area (Å²) in [5.41, 5.74) is 9.45. The topological polar surface area (TPSA) is 105 Å². The van der Waals surface area contributed by atoms with Gasteiger partial charge in [-0.1, -0.05) is 23.3 Å². The van der Waals surface area contributed by atoms with Gasteiger partial charge in [-0.2, -0.15) is 0 Å². The van der Waals surface area contributed by atoms with E-state index >= 15 is 0 Å². The molecule has 0 N–H and O–H groups in total. The number of benzene rings is 1. The van der Waals surface area contributed by atoms with E-state index in [4.69, 9.17) is 15.0 Å². The Morgan fingerprint density at radius 3 is 2.58 bits per heavy atom. The molecule has 0 amide bonds. The molecule has 1 unspecified atom stereocenters. The van der Waals surface area contributed by atoms with Crippen molar-refractivity contribution in [2.75, 3.05) is 14.2 Å². The van der Waals surface area contributed by atoms with Crippen LogP contribution in [0.3, 0.4) is 0 Å². The van der Waals surface area contributed by atoms with Crippen LogP contribution < -0.4 is 0 Å². The highest BCUT2D eigenvalue weighted by Crippen LogP contribution is 2.51. The molecule has 5 atom stereocenters. The number of nitrogens with zero attached hydrogens (tertiary/aromatic N) is 4. The van der Waals surface area contributed by atoms with E-state index in [0.29, 0.717) is 5.56 Å². The maximum absolute atomic E-state index is 12.7. The molecule has 1 aromatic rings. The zero-order valence-electron chi connectivity index (χ0n) is 14.4. The van der Waals surface area contributed by atoms with Crippen LogP contribution in [0.5, 0.6) is 0 Å². The number of rotatable bonds is 4. The summed E-state index contributed by atoms with van der Waals surface area (Å²) in [6, 6.07) is 7.61. The Morgan fingerprint density at radius 1 is 1.31 bits per heavy atom. The Hall–Kier alpha value is -1.84. The number of likely N-dealkylation sites (N-methyl/N-ethyl adjacent to an activating group) is 1. The number of esters is 2. The van der Waals surface area contributed by atoms with E-state index < -0.39 is 27.5 Å². The van der Waals surface area contributed by atoms with Gasteiger partial charge >= 0.3 is 11.9 Å². The Kier molecular flexibility index (Phi) is 5.40. The van der Waals surface area contributed by atoms with Crippen LogP contribution in [0.4, 0.5) is 0 Å². The van der Waals surface area contributed by atoms with Gasteiger partial charge in [0.05, 0.1) is 12.7 Å². The molecule has 2 aliphatic heterocycles. The number of carbonyl (C=O) groups is 2. The predicted octanol–water partition coefficient (Wildman–Crippen LogP) is 2.92. The lowest BCUT2D eigenvalue weighted by Gasteiger charge is -2.49. The summed E-state index contributed by atoms with van der Waals surface area (Å²) >= 11 is 1.96. The molecule has 26 heavy (non-hydrogen) atoms. The van der Waals surface area contributed by atoms with E-state index in [-0.39, 0.29) is 12.1 Å². The molecule has 3 rings (SSSR count). The van der Waals surface area contributed by atoms with E-state index in [1.54, 1.807) is 30.3 Å². The molecule has 0 radical (unpaired) electrons. The summed E-state index contributed by atoms with van der Waals surface area (Å²) in [6.07, 6.45) is 1.50. The largest absolute Gasteiger partial charge is 0.469 e. The minimum absolute atomic E-state index is 0.0997. The van der Waals surface area contributed by atoms with Crippen molar-refractivity contribution in [3.8, 4) is 0 Å². The summed E-state index contributed by atoms with van der Waals surface area (Å²) in [7, 11) is 3.20. The van der Waals surface area contributed by atoms with E-state index in [1.807, 2.05) is 34.5 Å². The van der Waals surface area contributed by atoms with Crippen LogP contribution in [0, 0.1) is 5.92 Å². The normalized spacial score (nSPS) is 33.2. The van der Waals surface area contributed by atoms with E-state index in [9.17, 15) is 9.59 Å². The van der Waals surface area contributed by atoms with Crippen molar-refractivity contribution in [1.82, 2.24) is 4.90 Å². The lowest BCUT2D eigenvalue weighted by atomic mass is 9.84. The monoisotopic (exact) mass is 470 g/mol. The summed E-state index contributed by atoms with van der Waals surface area (Å²) < 4.78 is 9.53. The molecule has 2 bridgehead atoms. The van der Waals surface area contributed by atoms with Crippen molar-refractivity contribution >= 4 is 34.5 Å². The lowest BCUT2D eigenvalue weighted by Crippen LogP contribution is -2.65. The first-order valence-electron chi connectivity index (χ1n) is 8.25. The van der Waals surface area contributed by atoms with Crippen LogP contribution in [0.1, 0.15) is 23.2 Å². The van der Waals surface area contributed by atoms with Crippen molar-refractivity contribution in [2.45, 2.75) is 34.6 Å². The molecule has 2 saturated heterocycles. The zero-order valence-corrected chi connectivity index (χ0v) is 16.6. The number of ether oxygens (including phenoxy) is 2. The number of carbonyl (C=O) groups excluding carboxylic acids is 2. The third-order valence-electron chi connectivity index (χ3n) is 5.27. The van der Waals surface area contributed by atoms with Crippen LogP contribution in [0.15, 0.2) is 35.4 Å². The maximum Gasteiger partial charge on any atom is 0.339 e. The molecule has 138 valence electrons. The fraction of sp³-hybridized carbons (Fsp3) is 0.529. The number of alkyl halides is 1. The molecular weight excluding hydrogens is 451 g/mol. The average Bonchev–Trinajstić information content (AvgIpc) is 2.94. The number of halogens is 1. The van der Waals surface area contributed by atoms with Gasteiger partial charge in [0.1, 0.15) is 12.0 Å². The number of azide groups is 1. The fourth-order valence-corrected chi connectivity index (χ4v) is 5.45. The van der Waals surface area contributed by atoms with E-state index in [2.05, 4.69) is 10.0 Å². The van der Waals surface area contributed by atoms with Crippen LogP contribution in [0.2, 0.25) is 0 Å². The minimum Gasteiger partial charge on any atom is -0.469 e. The van der Waals surface area contributed by atoms with Crippen molar-refractivity contribution in [3.05, 3.63) is 46.3 Å². The summed E-state index contributed by atoms with van der Waals surface area (Å²) in [6.45, 7) is 0. The molecule has 8 nitrogen and oxygen atoms in total. The highest BCUT2D eigenvalue weighted by molar-refractivity contribution is 14.1. The highest BCUT2D eigenvalue weighted by atomic mass is 127. The molecule has 2 aliphatic rings. The number of piperidine rings is 1. The standard InChI is InChI=1S/C17H19IN4O4/c1-22-11-8-9-12(22)14(20-21-19)17(18,13(11)16(24)25-2)26-15(23)10-6-4-3-5-7-10/h3-7,11-14H,8-9H2,1-2H3/t11-,12+,13+,14?,17+/m0/s1. The van der Waals surface area contributed by atoms with Gasteiger partial charge in [-0.15, -0.1) is 0 Å². The van der Waals surface area contributed by atoms with Gasteiger partial charge in [-0.05, 0) is 60.1 Å². The fourth-order valence-electron chi connectivity index (χ4n) is 4.04. The molecule has 0 aliphatic carbocycles. The van der Waals surface area contributed by atoms with Crippen molar-refractivity contribution < 1.29 is 19.1 Å². The molecule has 9 heteroatoms. The smallest absolute Gasteiger partial charge is 0.339 e. The Labute approximate surface area is 164 Å². The Morgan fingerprint density at radius 2 is 1.96 bits per heavy atom. The first kappa shape index (κ1) is 18.9. The summed E-state index contributed by atoms with van der Waals surface area (Å²) in [5, 5.41) is 3.93. The third-order valence-corrected chi connectivity index (χ3v) is 6.80. The first-order chi connectivity index (χ1) is 12.4.